The van der Waals surface area contributed by atoms with Crippen LogP contribution in [0.3, 0.4) is 0 Å². The minimum Gasteiger partial charge on any atom is -0.338 e. The van der Waals surface area contributed by atoms with Crippen LogP contribution in [0, 0.1) is 13.8 Å². The zero-order valence-corrected chi connectivity index (χ0v) is 16.6. The van der Waals surface area contributed by atoms with Crippen molar-refractivity contribution in [2.24, 2.45) is 0 Å². The van der Waals surface area contributed by atoms with E-state index in [0.29, 0.717) is 13.1 Å². The summed E-state index contributed by atoms with van der Waals surface area (Å²) in [7, 11) is 0. The zero-order chi connectivity index (χ0) is 19.1. The second-order valence-corrected chi connectivity index (χ2v) is 7.61. The summed E-state index contributed by atoms with van der Waals surface area (Å²) in [5.74, 6) is 0. The molecule has 2 N–H and O–H groups in total. The lowest BCUT2D eigenvalue weighted by Gasteiger charge is -2.19. The molecule has 2 amide bonds. The van der Waals surface area contributed by atoms with Gasteiger partial charge in [0.25, 0.3) is 0 Å². The fourth-order valence-electron chi connectivity index (χ4n) is 3.14. The Kier molecular flexibility index (Phi) is 6.65. The Morgan fingerprint density at radius 3 is 2.63 bits per heavy atom. The molecule has 1 aromatic carbocycles. The van der Waals surface area contributed by atoms with E-state index in [1.165, 1.54) is 10.4 Å². The van der Waals surface area contributed by atoms with Crippen molar-refractivity contribution in [1.82, 2.24) is 20.4 Å². The summed E-state index contributed by atoms with van der Waals surface area (Å²) < 4.78 is 2.00. The number of aryl methyl sites for hydroxylation is 3. The van der Waals surface area contributed by atoms with Crippen LogP contribution in [0.15, 0.2) is 53.9 Å². The summed E-state index contributed by atoms with van der Waals surface area (Å²) >= 11 is 1.68. The normalized spacial score (nSPS) is 11.9. The fourth-order valence-corrected chi connectivity index (χ4v) is 3.95. The highest BCUT2D eigenvalue weighted by Gasteiger charge is 2.19. The molecule has 0 aliphatic carbocycles. The first-order valence-corrected chi connectivity index (χ1v) is 10.1. The summed E-state index contributed by atoms with van der Waals surface area (Å²) in [5, 5.41) is 12.6. The molecule has 0 fully saturated rings. The first-order chi connectivity index (χ1) is 13.1. The Hall–Kier alpha value is -2.60. The molecule has 5 nitrogen and oxygen atoms in total. The van der Waals surface area contributed by atoms with Crippen LogP contribution >= 0.6 is 11.3 Å². The molecule has 1 atom stereocenters. The number of amides is 2. The molecule has 142 valence electrons. The van der Waals surface area contributed by atoms with E-state index in [4.69, 9.17) is 0 Å². The number of rotatable bonds is 8. The van der Waals surface area contributed by atoms with Gasteiger partial charge in [0.15, 0.2) is 0 Å². The topological polar surface area (TPSA) is 59.0 Å². The van der Waals surface area contributed by atoms with Crippen molar-refractivity contribution in [1.29, 1.82) is 0 Å². The highest BCUT2D eigenvalue weighted by atomic mass is 32.1. The third-order valence-electron chi connectivity index (χ3n) is 4.44. The van der Waals surface area contributed by atoms with E-state index in [0.717, 1.165) is 24.2 Å². The van der Waals surface area contributed by atoms with Crippen molar-refractivity contribution >= 4 is 17.4 Å². The molecule has 0 spiro atoms. The summed E-state index contributed by atoms with van der Waals surface area (Å²) in [6.45, 7) is 5.20. The minimum absolute atomic E-state index is 0.00812. The molecule has 1 unspecified atom stereocenters. The first kappa shape index (κ1) is 19.2. The Balaban J connectivity index is 1.50. The summed E-state index contributed by atoms with van der Waals surface area (Å²) in [5.41, 5.74) is 3.37. The predicted octanol–water partition coefficient (Wildman–Crippen LogP) is 4.08. The van der Waals surface area contributed by atoms with Gasteiger partial charge in [0.2, 0.25) is 0 Å². The van der Waals surface area contributed by atoms with Crippen molar-refractivity contribution in [2.75, 3.05) is 13.1 Å². The van der Waals surface area contributed by atoms with Gasteiger partial charge in [-0.1, -0.05) is 36.4 Å². The molecule has 27 heavy (non-hydrogen) atoms. The fraction of sp³-hybridized carbons (Fsp3) is 0.333. The average Bonchev–Trinajstić information content (AvgIpc) is 3.30. The van der Waals surface area contributed by atoms with Crippen molar-refractivity contribution in [3.8, 4) is 0 Å². The third kappa shape index (κ3) is 5.44. The lowest BCUT2D eigenvalue weighted by atomic mass is 10.1. The Morgan fingerprint density at radius 1 is 1.15 bits per heavy atom. The average molecular weight is 383 g/mol. The number of aromatic nitrogens is 2. The number of urea groups is 1. The van der Waals surface area contributed by atoms with E-state index < -0.39 is 0 Å². The Morgan fingerprint density at radius 2 is 1.96 bits per heavy atom. The molecule has 0 saturated carbocycles. The minimum atomic E-state index is -0.133. The molecule has 2 aromatic heterocycles. The van der Waals surface area contributed by atoms with Crippen LogP contribution in [0.25, 0.3) is 0 Å². The number of benzene rings is 1. The number of thiophene rings is 1. The largest absolute Gasteiger partial charge is 0.338 e. The van der Waals surface area contributed by atoms with Crippen molar-refractivity contribution in [3.05, 3.63) is 75.7 Å². The Labute approximate surface area is 164 Å². The molecule has 3 aromatic rings. The zero-order valence-electron chi connectivity index (χ0n) is 15.8. The van der Waals surface area contributed by atoms with Crippen molar-refractivity contribution < 1.29 is 4.79 Å². The van der Waals surface area contributed by atoms with Crippen LogP contribution in [0.1, 0.15) is 34.3 Å². The van der Waals surface area contributed by atoms with Crippen LogP contribution in [0.2, 0.25) is 0 Å². The van der Waals surface area contributed by atoms with Gasteiger partial charge in [-0.05, 0) is 49.8 Å². The number of carbonyl (C=O) groups is 1. The highest BCUT2D eigenvalue weighted by Crippen LogP contribution is 2.24. The highest BCUT2D eigenvalue weighted by molar-refractivity contribution is 7.10. The molecular formula is C21H26N4OS. The van der Waals surface area contributed by atoms with E-state index >= 15 is 0 Å². The molecule has 0 aliphatic rings. The van der Waals surface area contributed by atoms with E-state index in [-0.39, 0.29) is 12.1 Å². The molecule has 3 rings (SSSR count). The lowest BCUT2D eigenvalue weighted by molar-refractivity contribution is 0.239. The number of hydrogen-bond donors (Lipinski definition) is 2. The van der Waals surface area contributed by atoms with E-state index in [2.05, 4.69) is 45.4 Å². The van der Waals surface area contributed by atoms with E-state index in [9.17, 15) is 4.79 Å². The van der Waals surface area contributed by atoms with Gasteiger partial charge in [-0.2, -0.15) is 5.10 Å². The molecule has 0 aliphatic heterocycles. The number of nitrogens with one attached hydrogen (secondary N) is 2. The van der Waals surface area contributed by atoms with Gasteiger partial charge >= 0.3 is 6.03 Å². The smallest absolute Gasteiger partial charge is 0.314 e. The lowest BCUT2D eigenvalue weighted by Crippen LogP contribution is -2.39. The van der Waals surface area contributed by atoms with Crippen LogP contribution in [0.5, 0.6) is 0 Å². The first-order valence-electron chi connectivity index (χ1n) is 9.25. The molecule has 0 saturated heterocycles. The van der Waals surface area contributed by atoms with Gasteiger partial charge in [-0.15, -0.1) is 11.3 Å². The Bertz CT molecular complexity index is 842. The summed E-state index contributed by atoms with van der Waals surface area (Å²) in [6.07, 6.45) is 1.88. The maximum absolute atomic E-state index is 12.2. The second-order valence-electron chi connectivity index (χ2n) is 6.63. The molecular weight excluding hydrogens is 356 g/mol. The molecule has 0 radical (unpaired) electrons. The third-order valence-corrected chi connectivity index (χ3v) is 5.41. The van der Waals surface area contributed by atoms with E-state index in [1.54, 1.807) is 11.3 Å². The number of nitrogens with zero attached hydrogens (tertiary/aromatic N) is 2. The monoisotopic (exact) mass is 382 g/mol. The van der Waals surface area contributed by atoms with Gasteiger partial charge in [0.1, 0.15) is 6.04 Å². The summed E-state index contributed by atoms with van der Waals surface area (Å²) in [4.78, 5) is 13.4. The quantitative estimate of drug-likeness (QED) is 0.577. The SMILES string of the molecule is Cc1cc(C)n(C(CNC(=O)NCCCc2ccccc2)c2cccs2)n1. The maximum atomic E-state index is 12.2. The van der Waals surface area contributed by atoms with Crippen LogP contribution in [-0.4, -0.2) is 28.9 Å². The maximum Gasteiger partial charge on any atom is 0.314 e. The molecule has 0 bridgehead atoms. The van der Waals surface area contributed by atoms with Gasteiger partial charge in [-0.3, -0.25) is 4.68 Å². The standard InChI is InChI=1S/C21H26N4OS/c1-16-14-17(2)25(24-16)19(20-11-7-13-27-20)15-23-21(26)22-12-6-10-18-8-4-3-5-9-18/h3-5,7-9,11,13-14,19H,6,10,12,15H2,1-2H3,(H2,22,23,26). The van der Waals surface area contributed by atoms with Gasteiger partial charge in [0.05, 0.1) is 5.69 Å². The number of hydrogen-bond acceptors (Lipinski definition) is 3. The van der Waals surface area contributed by atoms with Gasteiger partial charge in [0, 0.05) is 23.7 Å². The summed E-state index contributed by atoms with van der Waals surface area (Å²) in [6, 6.07) is 16.4. The molecule has 2 heterocycles. The van der Waals surface area contributed by atoms with Gasteiger partial charge < -0.3 is 10.6 Å². The number of carbonyl (C=O) groups excluding carboxylic acids is 1. The molecule has 6 heteroatoms. The second kappa shape index (κ2) is 9.37. The van der Waals surface area contributed by atoms with Crippen LogP contribution in [-0.2, 0) is 6.42 Å². The van der Waals surface area contributed by atoms with Gasteiger partial charge in [-0.25, -0.2) is 4.79 Å². The van der Waals surface area contributed by atoms with Crippen LogP contribution < -0.4 is 10.6 Å². The van der Waals surface area contributed by atoms with E-state index in [1.807, 2.05) is 42.8 Å². The predicted molar refractivity (Wildman–Crippen MR) is 110 cm³/mol. The van der Waals surface area contributed by atoms with Crippen LogP contribution in [0.4, 0.5) is 4.79 Å². The van der Waals surface area contributed by atoms with Crippen molar-refractivity contribution in [3.63, 3.8) is 0 Å². The van der Waals surface area contributed by atoms with Crippen molar-refractivity contribution in [2.45, 2.75) is 32.7 Å².